The molecule has 144 valence electrons. The van der Waals surface area contributed by atoms with E-state index in [1.165, 1.54) is 5.56 Å². The van der Waals surface area contributed by atoms with Crippen molar-refractivity contribution in [3.05, 3.63) is 48.6 Å². The van der Waals surface area contributed by atoms with Gasteiger partial charge < -0.3 is 9.47 Å². The lowest BCUT2D eigenvalue weighted by Gasteiger charge is -2.50. The average molecular weight is 360 g/mol. The van der Waals surface area contributed by atoms with Crippen LogP contribution in [0.1, 0.15) is 59.6 Å². The van der Waals surface area contributed by atoms with Crippen LogP contribution >= 0.6 is 0 Å². The predicted octanol–water partition coefficient (Wildman–Crippen LogP) is 4.72. The molecule has 2 rings (SSSR count). The molecule has 0 aromatic heterocycles. The molecule has 1 aliphatic rings. The Labute approximate surface area is 158 Å². The van der Waals surface area contributed by atoms with Gasteiger partial charge in [0.15, 0.2) is 0 Å². The summed E-state index contributed by atoms with van der Waals surface area (Å²) < 4.78 is 11.9. The van der Waals surface area contributed by atoms with Crippen LogP contribution in [-0.2, 0) is 14.3 Å². The van der Waals surface area contributed by atoms with Crippen LogP contribution in [0.4, 0.5) is 0 Å². The van der Waals surface area contributed by atoms with Crippen molar-refractivity contribution in [2.24, 2.45) is 5.92 Å². The van der Waals surface area contributed by atoms with Gasteiger partial charge in [0.25, 0.3) is 0 Å². The molecule has 1 fully saturated rings. The van der Waals surface area contributed by atoms with E-state index in [1.54, 1.807) is 0 Å². The summed E-state index contributed by atoms with van der Waals surface area (Å²) in [5.74, 6) is -0.629. The molecule has 1 aliphatic heterocycles. The topological polar surface area (TPSA) is 38.8 Å². The first-order valence-electron chi connectivity index (χ1n) is 9.52. The monoisotopic (exact) mass is 359 g/mol. The molecule has 4 heteroatoms. The fraction of sp³-hybridized carbons (Fsp3) is 0.591. The number of hydrogen-bond acceptors (Lipinski definition) is 4. The maximum Gasteiger partial charge on any atom is 0.314 e. The Hall–Kier alpha value is -1.65. The summed E-state index contributed by atoms with van der Waals surface area (Å²) in [5.41, 5.74) is 0.666. The van der Waals surface area contributed by atoms with Crippen molar-refractivity contribution in [3.63, 3.8) is 0 Å². The van der Waals surface area contributed by atoms with E-state index in [0.29, 0.717) is 0 Å². The van der Waals surface area contributed by atoms with Crippen molar-refractivity contribution in [3.8, 4) is 0 Å². The number of benzene rings is 1. The Morgan fingerprint density at radius 3 is 2.46 bits per heavy atom. The van der Waals surface area contributed by atoms with E-state index in [9.17, 15) is 4.79 Å². The summed E-state index contributed by atoms with van der Waals surface area (Å²) in [6.45, 7) is 15.9. The third-order valence-electron chi connectivity index (χ3n) is 4.92. The van der Waals surface area contributed by atoms with Crippen LogP contribution in [0.2, 0.25) is 0 Å². The highest BCUT2D eigenvalue weighted by Gasteiger charge is 2.47. The molecule has 0 saturated carbocycles. The number of nitrogens with zero attached hydrogens (tertiary/aromatic N) is 1. The Morgan fingerprint density at radius 2 is 1.96 bits per heavy atom. The fourth-order valence-electron chi connectivity index (χ4n) is 3.75. The molecule has 1 aromatic carbocycles. The lowest BCUT2D eigenvalue weighted by atomic mass is 9.88. The van der Waals surface area contributed by atoms with E-state index in [2.05, 4.69) is 37.5 Å². The van der Waals surface area contributed by atoms with Crippen molar-refractivity contribution >= 4 is 5.97 Å². The van der Waals surface area contributed by atoms with Gasteiger partial charge in [-0.3, -0.25) is 9.69 Å². The summed E-state index contributed by atoms with van der Waals surface area (Å²) >= 11 is 0. The highest BCUT2D eigenvalue weighted by atomic mass is 16.6. The molecule has 0 spiro atoms. The fourth-order valence-corrected chi connectivity index (χ4v) is 3.75. The Morgan fingerprint density at radius 1 is 1.35 bits per heavy atom. The first-order valence-corrected chi connectivity index (χ1v) is 9.52. The molecule has 1 saturated heterocycles. The summed E-state index contributed by atoms with van der Waals surface area (Å²) in [6.07, 6.45) is 2.42. The number of hydrogen-bond donors (Lipinski definition) is 0. The molecule has 0 bridgehead atoms. The Balaban J connectivity index is 2.37. The first kappa shape index (κ1) is 20.7. The van der Waals surface area contributed by atoms with Crippen LogP contribution in [0.15, 0.2) is 43.0 Å². The van der Waals surface area contributed by atoms with Crippen LogP contribution in [0, 0.1) is 5.92 Å². The molecule has 1 aromatic rings. The number of esters is 1. The SMILES string of the molecule is C=C[C@@H]1[C@H](C(=O)OC(C)(C)C)[C@@H](C)O[C@@H](CC)N1[C@H](C)c1ccccc1. The average Bonchev–Trinajstić information content (AvgIpc) is 2.59. The van der Waals surface area contributed by atoms with Gasteiger partial charge in [0.2, 0.25) is 0 Å². The highest BCUT2D eigenvalue weighted by Crippen LogP contribution is 2.37. The van der Waals surface area contributed by atoms with Crippen molar-refractivity contribution in [1.29, 1.82) is 0 Å². The molecular weight excluding hydrogens is 326 g/mol. The molecular formula is C22H33NO3. The number of rotatable bonds is 5. The van der Waals surface area contributed by atoms with Crippen molar-refractivity contribution < 1.29 is 14.3 Å². The minimum atomic E-state index is -0.528. The molecule has 0 aliphatic carbocycles. The molecule has 0 N–H and O–H groups in total. The van der Waals surface area contributed by atoms with E-state index in [1.807, 2.05) is 52.0 Å². The minimum absolute atomic E-state index is 0.0677. The lowest BCUT2D eigenvalue weighted by molar-refractivity contribution is -0.209. The largest absolute Gasteiger partial charge is 0.460 e. The molecule has 4 nitrogen and oxygen atoms in total. The van der Waals surface area contributed by atoms with Gasteiger partial charge in [0.1, 0.15) is 17.7 Å². The smallest absolute Gasteiger partial charge is 0.314 e. The molecule has 1 heterocycles. The number of carbonyl (C=O) groups excluding carboxylic acids is 1. The lowest BCUT2D eigenvalue weighted by Crippen LogP contribution is -2.59. The molecule has 5 atom stereocenters. The zero-order chi connectivity index (χ0) is 19.5. The van der Waals surface area contributed by atoms with E-state index < -0.39 is 11.5 Å². The third-order valence-corrected chi connectivity index (χ3v) is 4.92. The first-order chi connectivity index (χ1) is 12.2. The van der Waals surface area contributed by atoms with Crippen LogP contribution in [0.25, 0.3) is 0 Å². The van der Waals surface area contributed by atoms with Gasteiger partial charge in [-0.15, -0.1) is 6.58 Å². The number of carbonyl (C=O) groups is 1. The second kappa shape index (κ2) is 8.36. The van der Waals surface area contributed by atoms with Crippen molar-refractivity contribution in [2.75, 3.05) is 0 Å². The van der Waals surface area contributed by atoms with E-state index >= 15 is 0 Å². The zero-order valence-electron chi connectivity index (χ0n) is 16.9. The standard InChI is InChI=1S/C22H33NO3/c1-8-18-20(21(24)26-22(5,6)7)16(4)25-19(9-2)23(18)15(3)17-13-11-10-12-14-17/h8,10-16,18-20H,1,9H2,2-7H3/t15-,16-,18-,19+,20-/m1/s1. The van der Waals surface area contributed by atoms with Crippen LogP contribution in [0.5, 0.6) is 0 Å². The summed E-state index contributed by atoms with van der Waals surface area (Å²) in [6, 6.07) is 10.3. The normalized spacial score (nSPS) is 28.4. The maximum atomic E-state index is 12.9. The van der Waals surface area contributed by atoms with E-state index in [0.717, 1.165) is 6.42 Å². The zero-order valence-corrected chi connectivity index (χ0v) is 16.9. The summed E-state index contributed by atoms with van der Waals surface area (Å²) in [7, 11) is 0. The van der Waals surface area contributed by atoms with Crippen molar-refractivity contribution in [2.45, 2.75) is 78.0 Å². The molecule has 0 unspecified atom stereocenters. The van der Waals surface area contributed by atoms with Crippen LogP contribution in [0.3, 0.4) is 0 Å². The maximum absolute atomic E-state index is 12.9. The molecule has 0 amide bonds. The van der Waals surface area contributed by atoms with Gasteiger partial charge in [0, 0.05) is 12.1 Å². The van der Waals surface area contributed by atoms with Gasteiger partial charge in [-0.2, -0.15) is 0 Å². The van der Waals surface area contributed by atoms with Gasteiger partial charge in [-0.25, -0.2) is 0 Å². The highest BCUT2D eigenvalue weighted by molar-refractivity contribution is 5.75. The predicted molar refractivity (Wildman–Crippen MR) is 105 cm³/mol. The van der Waals surface area contributed by atoms with Gasteiger partial charge in [-0.1, -0.05) is 43.3 Å². The second-order valence-electron chi connectivity index (χ2n) is 8.02. The van der Waals surface area contributed by atoms with Gasteiger partial charge >= 0.3 is 5.97 Å². The van der Waals surface area contributed by atoms with Crippen LogP contribution in [-0.4, -0.2) is 34.8 Å². The van der Waals surface area contributed by atoms with E-state index in [-0.39, 0.29) is 30.4 Å². The van der Waals surface area contributed by atoms with Crippen molar-refractivity contribution in [1.82, 2.24) is 4.90 Å². The van der Waals surface area contributed by atoms with E-state index in [4.69, 9.17) is 9.47 Å². The molecule has 0 radical (unpaired) electrons. The second-order valence-corrected chi connectivity index (χ2v) is 8.02. The minimum Gasteiger partial charge on any atom is -0.460 e. The quantitative estimate of drug-likeness (QED) is 0.563. The van der Waals surface area contributed by atoms with Crippen LogP contribution < -0.4 is 0 Å². The Bertz CT molecular complexity index is 608. The third kappa shape index (κ3) is 4.54. The summed E-state index contributed by atoms with van der Waals surface area (Å²) in [5, 5.41) is 0. The summed E-state index contributed by atoms with van der Waals surface area (Å²) in [4.78, 5) is 15.2. The van der Waals surface area contributed by atoms with Gasteiger partial charge in [0.05, 0.1) is 6.10 Å². The Kier molecular flexibility index (Phi) is 6.64. The van der Waals surface area contributed by atoms with Gasteiger partial charge in [-0.05, 0) is 46.6 Å². The molecule has 26 heavy (non-hydrogen) atoms. The number of ether oxygens (including phenoxy) is 2.